The van der Waals surface area contributed by atoms with Crippen molar-refractivity contribution in [3.63, 3.8) is 0 Å². The summed E-state index contributed by atoms with van der Waals surface area (Å²) in [4.78, 5) is 25.7. The first-order chi connectivity index (χ1) is 15.8. The van der Waals surface area contributed by atoms with E-state index in [9.17, 15) is 19.8 Å². The van der Waals surface area contributed by atoms with Crippen molar-refractivity contribution in [2.24, 2.45) is 56.7 Å². The molecule has 5 aliphatic carbocycles. The number of aliphatic carboxylic acids is 1. The van der Waals surface area contributed by atoms with E-state index in [1.807, 2.05) is 0 Å². The van der Waals surface area contributed by atoms with Gasteiger partial charge in [0.05, 0.1) is 12.0 Å². The number of hydrogen-bond donors (Lipinski definition) is 2. The van der Waals surface area contributed by atoms with E-state index in [-0.39, 0.29) is 40.1 Å². The second kappa shape index (κ2) is 7.43. The van der Waals surface area contributed by atoms with E-state index in [0.29, 0.717) is 30.0 Å². The van der Waals surface area contributed by atoms with Gasteiger partial charge in [-0.1, -0.05) is 41.2 Å². The molecule has 0 aliphatic heterocycles. The quantitative estimate of drug-likeness (QED) is 0.477. The Morgan fingerprint density at radius 3 is 2.26 bits per heavy atom. The highest BCUT2D eigenvalue weighted by atomic mass is 16.4. The molecule has 0 radical (unpaired) electrons. The van der Waals surface area contributed by atoms with Gasteiger partial charge in [-0.2, -0.15) is 0 Å². The van der Waals surface area contributed by atoms with Gasteiger partial charge in [0.1, 0.15) is 5.78 Å². The van der Waals surface area contributed by atoms with Gasteiger partial charge in [-0.25, -0.2) is 0 Å². The van der Waals surface area contributed by atoms with Gasteiger partial charge in [0.2, 0.25) is 0 Å². The van der Waals surface area contributed by atoms with E-state index in [2.05, 4.69) is 41.2 Å². The van der Waals surface area contributed by atoms with Crippen molar-refractivity contribution in [2.75, 3.05) is 6.61 Å². The zero-order valence-corrected chi connectivity index (χ0v) is 22.1. The molecule has 0 saturated heterocycles. The number of carbonyl (C=O) groups is 2. The van der Waals surface area contributed by atoms with Crippen LogP contribution < -0.4 is 0 Å². The number of hydrogen-bond acceptors (Lipinski definition) is 3. The summed E-state index contributed by atoms with van der Waals surface area (Å²) in [6.45, 7) is 16.1. The standard InChI is InChI=1S/C30H46O4/c1-18(17-31)19-9-14-30(25(33)34)16-15-28(5)20(24(19)30)7-8-22-27(4)12-11-23(32)26(2,3)21(27)10-13-29(22,28)6/h19-22,24,31H,1,7-17H2,2-6H3,(H,33,34). The molecular weight excluding hydrogens is 424 g/mol. The van der Waals surface area contributed by atoms with Crippen molar-refractivity contribution in [3.8, 4) is 0 Å². The average molecular weight is 471 g/mol. The fraction of sp³-hybridized carbons (Fsp3) is 0.867. The number of carboxylic acids is 1. The Hall–Kier alpha value is -1.16. The summed E-state index contributed by atoms with van der Waals surface area (Å²) in [6.07, 6.45) is 9.46. The molecule has 2 N–H and O–H groups in total. The van der Waals surface area contributed by atoms with E-state index >= 15 is 0 Å². The van der Waals surface area contributed by atoms with Crippen molar-refractivity contribution in [2.45, 2.75) is 98.8 Å². The number of fused-ring (bicyclic) bond motifs is 7. The lowest BCUT2D eigenvalue weighted by Crippen LogP contribution is -2.66. The van der Waals surface area contributed by atoms with Gasteiger partial charge in [-0.15, -0.1) is 0 Å². The Balaban J connectivity index is 1.57. The highest BCUT2D eigenvalue weighted by Gasteiger charge is 2.72. The SMILES string of the molecule is C=C(CO)C1CCC2(C(=O)O)CCC3(C)C(CCC4C5(C)CCC(=O)C(C)(C)C5CCC43C)C12. The third-order valence-corrected chi connectivity index (χ3v) is 13.3. The third-order valence-electron chi connectivity index (χ3n) is 13.3. The molecule has 0 spiro atoms. The lowest BCUT2D eigenvalue weighted by molar-refractivity contribution is -0.235. The summed E-state index contributed by atoms with van der Waals surface area (Å²) in [5, 5.41) is 20.5. The Morgan fingerprint density at radius 2 is 1.62 bits per heavy atom. The van der Waals surface area contributed by atoms with Crippen LogP contribution in [0.2, 0.25) is 0 Å². The Morgan fingerprint density at radius 1 is 0.912 bits per heavy atom. The normalized spacial score (nSPS) is 51.6. The zero-order chi connectivity index (χ0) is 24.9. The minimum Gasteiger partial charge on any atom is -0.481 e. The molecule has 190 valence electrons. The molecule has 5 aliphatic rings. The topological polar surface area (TPSA) is 74.6 Å². The highest BCUT2D eigenvalue weighted by Crippen LogP contribution is 2.77. The second-order valence-electron chi connectivity index (χ2n) is 14.3. The predicted molar refractivity (Wildman–Crippen MR) is 133 cm³/mol. The molecular formula is C30H46O4. The van der Waals surface area contributed by atoms with Crippen molar-refractivity contribution in [3.05, 3.63) is 12.2 Å². The minimum atomic E-state index is -0.656. The van der Waals surface area contributed by atoms with Crippen LogP contribution in [0.1, 0.15) is 98.8 Å². The van der Waals surface area contributed by atoms with Crippen LogP contribution in [-0.2, 0) is 9.59 Å². The first-order valence-electron chi connectivity index (χ1n) is 13.8. The van der Waals surface area contributed by atoms with Crippen LogP contribution in [0.4, 0.5) is 0 Å². The molecule has 0 aromatic carbocycles. The zero-order valence-electron chi connectivity index (χ0n) is 22.1. The van der Waals surface area contributed by atoms with Crippen LogP contribution in [0.5, 0.6) is 0 Å². The summed E-state index contributed by atoms with van der Waals surface area (Å²) in [5.41, 5.74) is 0.341. The fourth-order valence-corrected chi connectivity index (χ4v) is 11.3. The molecule has 0 aromatic rings. The predicted octanol–water partition coefficient (Wildman–Crippen LogP) is 6.27. The third kappa shape index (κ3) is 2.75. The number of ketones is 1. The Labute approximate surface area is 206 Å². The lowest BCUT2D eigenvalue weighted by Gasteiger charge is -2.72. The van der Waals surface area contributed by atoms with Crippen LogP contribution in [0.15, 0.2) is 12.2 Å². The number of carboxylic acid groups (broad SMARTS) is 1. The number of Topliss-reactive ketones (excluding diaryl/α,β-unsaturated/α-hetero) is 1. The molecule has 9 unspecified atom stereocenters. The van der Waals surface area contributed by atoms with E-state index in [1.165, 1.54) is 0 Å². The molecule has 0 amide bonds. The molecule has 0 aromatic heterocycles. The molecule has 0 bridgehead atoms. The van der Waals surface area contributed by atoms with Gasteiger partial charge in [0.25, 0.3) is 0 Å². The van der Waals surface area contributed by atoms with Crippen LogP contribution >= 0.6 is 0 Å². The molecule has 0 heterocycles. The van der Waals surface area contributed by atoms with E-state index in [4.69, 9.17) is 0 Å². The molecule has 5 rings (SSSR count). The summed E-state index contributed by atoms with van der Waals surface area (Å²) < 4.78 is 0. The van der Waals surface area contributed by atoms with Gasteiger partial charge in [-0.3, -0.25) is 9.59 Å². The summed E-state index contributed by atoms with van der Waals surface area (Å²) in [6, 6.07) is 0. The van der Waals surface area contributed by atoms with Crippen molar-refractivity contribution in [1.29, 1.82) is 0 Å². The van der Waals surface area contributed by atoms with Gasteiger partial charge in [0, 0.05) is 11.8 Å². The average Bonchev–Trinajstić information content (AvgIpc) is 3.18. The van der Waals surface area contributed by atoms with Gasteiger partial charge < -0.3 is 10.2 Å². The molecule has 4 heteroatoms. The number of carbonyl (C=O) groups excluding carboxylic acids is 1. The summed E-state index contributed by atoms with van der Waals surface area (Å²) in [5.74, 6) is 1.38. The fourth-order valence-electron chi connectivity index (χ4n) is 11.3. The first-order valence-corrected chi connectivity index (χ1v) is 13.8. The number of rotatable bonds is 3. The van der Waals surface area contributed by atoms with Gasteiger partial charge in [-0.05, 0) is 109 Å². The van der Waals surface area contributed by atoms with Crippen molar-refractivity contribution < 1.29 is 19.8 Å². The smallest absolute Gasteiger partial charge is 0.309 e. The molecule has 9 atom stereocenters. The summed E-state index contributed by atoms with van der Waals surface area (Å²) in [7, 11) is 0. The second-order valence-corrected chi connectivity index (χ2v) is 14.3. The maximum atomic E-state index is 12.9. The largest absolute Gasteiger partial charge is 0.481 e. The highest BCUT2D eigenvalue weighted by molar-refractivity contribution is 5.85. The molecule has 34 heavy (non-hydrogen) atoms. The van der Waals surface area contributed by atoms with Gasteiger partial charge >= 0.3 is 5.97 Å². The first kappa shape index (κ1) is 24.5. The lowest BCUT2D eigenvalue weighted by atomic mass is 9.32. The van der Waals surface area contributed by atoms with Crippen molar-refractivity contribution >= 4 is 11.8 Å². The Kier molecular flexibility index (Phi) is 5.36. The van der Waals surface area contributed by atoms with E-state index < -0.39 is 11.4 Å². The number of aliphatic hydroxyl groups excluding tert-OH is 1. The minimum absolute atomic E-state index is 0.0386. The van der Waals surface area contributed by atoms with Crippen LogP contribution in [0.25, 0.3) is 0 Å². The maximum Gasteiger partial charge on any atom is 0.309 e. The molecule has 4 nitrogen and oxygen atoms in total. The molecule has 5 saturated carbocycles. The summed E-state index contributed by atoms with van der Waals surface area (Å²) >= 11 is 0. The van der Waals surface area contributed by atoms with Crippen LogP contribution in [0.3, 0.4) is 0 Å². The number of aliphatic hydroxyl groups is 1. The van der Waals surface area contributed by atoms with Gasteiger partial charge in [0.15, 0.2) is 0 Å². The van der Waals surface area contributed by atoms with Crippen molar-refractivity contribution in [1.82, 2.24) is 0 Å². The van der Waals surface area contributed by atoms with Crippen LogP contribution in [-0.4, -0.2) is 28.6 Å². The Bertz CT molecular complexity index is 921. The van der Waals surface area contributed by atoms with E-state index in [0.717, 1.165) is 63.4 Å². The molecule has 5 fully saturated rings. The maximum absolute atomic E-state index is 12.9. The van der Waals surface area contributed by atoms with Crippen LogP contribution in [0, 0.1) is 56.7 Å². The monoisotopic (exact) mass is 470 g/mol. The van der Waals surface area contributed by atoms with E-state index in [1.54, 1.807) is 0 Å².